The van der Waals surface area contributed by atoms with Crippen LogP contribution in [0.2, 0.25) is 0 Å². The fourth-order valence-corrected chi connectivity index (χ4v) is 1.18. The fraction of sp³-hybridized carbons (Fsp3) is 0.750. The Kier molecular flexibility index (Phi) is 7.08. The summed E-state index contributed by atoms with van der Waals surface area (Å²) >= 11 is 0. The molecule has 0 aliphatic carbocycles. The molecule has 0 bridgehead atoms. The number of carbonyl (C=O) groups is 1. The van der Waals surface area contributed by atoms with Gasteiger partial charge >= 0.3 is 5.97 Å². The molecule has 0 aromatic rings. The predicted molar refractivity (Wildman–Crippen MR) is 67.0 cm³/mol. The van der Waals surface area contributed by atoms with E-state index in [-0.39, 0.29) is 13.2 Å². The van der Waals surface area contributed by atoms with Crippen LogP contribution in [0.15, 0.2) is 12.7 Å². The van der Waals surface area contributed by atoms with Gasteiger partial charge in [-0.3, -0.25) is 4.79 Å². The van der Waals surface area contributed by atoms with Gasteiger partial charge in [-0.05, 0) is 27.8 Å². The van der Waals surface area contributed by atoms with E-state index in [4.69, 9.17) is 14.6 Å². The maximum Gasteiger partial charge on any atom is 0.323 e. The lowest BCUT2D eigenvalue weighted by atomic mass is 10.2. The molecule has 6 nitrogen and oxygen atoms in total. The normalized spacial score (nSPS) is 15.4. The summed E-state index contributed by atoms with van der Waals surface area (Å²) in [6.45, 7) is 8.99. The van der Waals surface area contributed by atoms with Gasteiger partial charge in [-0.1, -0.05) is 6.08 Å². The standard InChI is InChI=1S/C12H23NO5/c1-6-7-17-8-9(10(14)15)13(5)11(16)18-12(2,3)4/h6,9,11,16H,1,7-8H2,2-5H3,(H,14,15)/t9-,11?/m1/s1. The van der Waals surface area contributed by atoms with E-state index in [2.05, 4.69) is 6.58 Å². The molecule has 2 atom stereocenters. The first-order valence-electron chi connectivity index (χ1n) is 5.68. The molecular formula is C12H23NO5. The number of ether oxygens (including phenoxy) is 2. The van der Waals surface area contributed by atoms with E-state index in [1.807, 2.05) is 0 Å². The van der Waals surface area contributed by atoms with E-state index in [1.54, 1.807) is 20.8 Å². The van der Waals surface area contributed by atoms with Gasteiger partial charge in [-0.2, -0.15) is 0 Å². The number of rotatable bonds is 8. The summed E-state index contributed by atoms with van der Waals surface area (Å²) in [4.78, 5) is 12.3. The lowest BCUT2D eigenvalue weighted by Gasteiger charge is -2.33. The summed E-state index contributed by atoms with van der Waals surface area (Å²) in [5, 5.41) is 18.9. The smallest absolute Gasteiger partial charge is 0.323 e. The first-order chi connectivity index (χ1) is 8.19. The highest BCUT2D eigenvalue weighted by Crippen LogP contribution is 2.13. The lowest BCUT2D eigenvalue weighted by molar-refractivity contribution is -0.245. The minimum atomic E-state index is -1.31. The third-order valence-electron chi connectivity index (χ3n) is 2.10. The molecule has 0 aromatic carbocycles. The van der Waals surface area contributed by atoms with Crippen LogP contribution in [0.3, 0.4) is 0 Å². The van der Waals surface area contributed by atoms with Gasteiger partial charge in [-0.25, -0.2) is 4.90 Å². The molecule has 0 saturated carbocycles. The molecule has 106 valence electrons. The van der Waals surface area contributed by atoms with Crippen LogP contribution >= 0.6 is 0 Å². The zero-order valence-corrected chi connectivity index (χ0v) is 11.4. The summed E-state index contributed by atoms with van der Waals surface area (Å²) < 4.78 is 10.4. The molecule has 0 radical (unpaired) electrons. The lowest BCUT2D eigenvalue weighted by Crippen LogP contribution is -2.50. The van der Waals surface area contributed by atoms with Gasteiger partial charge in [-0.15, -0.1) is 6.58 Å². The molecule has 18 heavy (non-hydrogen) atoms. The van der Waals surface area contributed by atoms with E-state index in [1.165, 1.54) is 18.0 Å². The average molecular weight is 261 g/mol. The Morgan fingerprint density at radius 1 is 1.50 bits per heavy atom. The number of likely N-dealkylation sites (N-methyl/N-ethyl adjacent to an activating group) is 1. The zero-order chi connectivity index (χ0) is 14.3. The summed E-state index contributed by atoms with van der Waals surface area (Å²) in [6, 6.07) is -0.984. The van der Waals surface area contributed by atoms with E-state index in [9.17, 15) is 9.90 Å². The summed E-state index contributed by atoms with van der Waals surface area (Å²) in [6.07, 6.45) is 0.222. The van der Waals surface area contributed by atoms with Crippen LogP contribution in [-0.2, 0) is 14.3 Å². The van der Waals surface area contributed by atoms with Crippen molar-refractivity contribution in [1.29, 1.82) is 0 Å². The van der Waals surface area contributed by atoms with Gasteiger partial charge < -0.3 is 19.7 Å². The Morgan fingerprint density at radius 2 is 2.06 bits per heavy atom. The highest BCUT2D eigenvalue weighted by atomic mass is 16.6. The maximum absolute atomic E-state index is 11.1. The molecular weight excluding hydrogens is 238 g/mol. The Labute approximate surface area is 108 Å². The van der Waals surface area contributed by atoms with Gasteiger partial charge in [0, 0.05) is 0 Å². The maximum atomic E-state index is 11.1. The third-order valence-corrected chi connectivity index (χ3v) is 2.10. The minimum Gasteiger partial charge on any atom is -0.480 e. The Balaban J connectivity index is 4.49. The van der Waals surface area contributed by atoms with Gasteiger partial charge in [0.15, 0.2) is 0 Å². The molecule has 6 heteroatoms. The molecule has 0 aromatic heterocycles. The number of nitrogens with zero attached hydrogens (tertiary/aromatic N) is 1. The number of aliphatic hydroxyl groups excluding tert-OH is 1. The second-order valence-corrected chi connectivity index (χ2v) is 4.90. The molecule has 0 aliphatic heterocycles. The first-order valence-corrected chi connectivity index (χ1v) is 5.68. The SMILES string of the molecule is C=CCOC[C@H](C(=O)O)N(C)C(O)OC(C)(C)C. The minimum absolute atomic E-state index is 0.0532. The highest BCUT2D eigenvalue weighted by molar-refractivity contribution is 5.73. The van der Waals surface area contributed by atoms with Crippen LogP contribution in [0.4, 0.5) is 0 Å². The second-order valence-electron chi connectivity index (χ2n) is 4.90. The predicted octanol–water partition coefficient (Wildman–Crippen LogP) is 0.665. The Bertz CT molecular complexity index is 274. The van der Waals surface area contributed by atoms with Crippen molar-refractivity contribution >= 4 is 5.97 Å². The molecule has 0 amide bonds. The van der Waals surface area contributed by atoms with Crippen molar-refractivity contribution in [2.75, 3.05) is 20.3 Å². The molecule has 1 unspecified atom stereocenters. The molecule has 0 saturated heterocycles. The highest BCUT2D eigenvalue weighted by Gasteiger charge is 2.30. The molecule has 0 heterocycles. The van der Waals surface area contributed by atoms with E-state index >= 15 is 0 Å². The molecule has 2 N–H and O–H groups in total. The molecule has 0 spiro atoms. The Hall–Kier alpha value is -0.950. The van der Waals surface area contributed by atoms with Crippen molar-refractivity contribution in [2.45, 2.75) is 38.8 Å². The van der Waals surface area contributed by atoms with Crippen LogP contribution in [-0.4, -0.2) is 59.4 Å². The van der Waals surface area contributed by atoms with Crippen molar-refractivity contribution in [3.05, 3.63) is 12.7 Å². The number of aliphatic carboxylic acids is 1. The van der Waals surface area contributed by atoms with Crippen molar-refractivity contribution in [1.82, 2.24) is 4.90 Å². The number of hydrogen-bond donors (Lipinski definition) is 2. The molecule has 0 rings (SSSR count). The summed E-state index contributed by atoms with van der Waals surface area (Å²) in [5.74, 6) is -1.09. The van der Waals surface area contributed by atoms with Crippen LogP contribution in [0.25, 0.3) is 0 Å². The summed E-state index contributed by atoms with van der Waals surface area (Å²) in [7, 11) is 1.46. The summed E-state index contributed by atoms with van der Waals surface area (Å²) in [5.41, 5.74) is -0.571. The van der Waals surface area contributed by atoms with Gasteiger partial charge in [0.25, 0.3) is 0 Å². The second kappa shape index (κ2) is 7.48. The number of hydrogen-bond acceptors (Lipinski definition) is 5. The quantitative estimate of drug-likeness (QED) is 0.380. The van der Waals surface area contributed by atoms with Crippen LogP contribution in [0.5, 0.6) is 0 Å². The van der Waals surface area contributed by atoms with Crippen molar-refractivity contribution in [3.63, 3.8) is 0 Å². The van der Waals surface area contributed by atoms with Crippen molar-refractivity contribution in [2.24, 2.45) is 0 Å². The fourth-order valence-electron chi connectivity index (χ4n) is 1.18. The van der Waals surface area contributed by atoms with E-state index < -0.39 is 24.0 Å². The van der Waals surface area contributed by atoms with Crippen LogP contribution in [0, 0.1) is 0 Å². The van der Waals surface area contributed by atoms with Crippen molar-refractivity contribution in [3.8, 4) is 0 Å². The van der Waals surface area contributed by atoms with E-state index in [0.29, 0.717) is 0 Å². The largest absolute Gasteiger partial charge is 0.480 e. The monoisotopic (exact) mass is 261 g/mol. The van der Waals surface area contributed by atoms with Gasteiger partial charge in [0.05, 0.1) is 18.8 Å². The zero-order valence-electron chi connectivity index (χ0n) is 11.4. The first kappa shape index (κ1) is 17.1. The van der Waals surface area contributed by atoms with Crippen LogP contribution in [0.1, 0.15) is 20.8 Å². The average Bonchev–Trinajstić information content (AvgIpc) is 2.20. The number of aliphatic hydroxyl groups is 1. The number of carboxylic acids is 1. The number of carboxylic acid groups (broad SMARTS) is 1. The molecule has 0 fully saturated rings. The van der Waals surface area contributed by atoms with Crippen molar-refractivity contribution < 1.29 is 24.5 Å². The van der Waals surface area contributed by atoms with Gasteiger partial charge in [0.2, 0.25) is 6.41 Å². The van der Waals surface area contributed by atoms with Gasteiger partial charge in [0.1, 0.15) is 6.04 Å². The molecule has 0 aliphatic rings. The topological polar surface area (TPSA) is 79.2 Å². The Morgan fingerprint density at radius 3 is 2.44 bits per heavy atom. The van der Waals surface area contributed by atoms with E-state index in [0.717, 1.165) is 0 Å². The van der Waals surface area contributed by atoms with Crippen LogP contribution < -0.4 is 0 Å². The third kappa shape index (κ3) is 6.70.